The molecule has 4 aliphatic heterocycles. The molecule has 0 spiro atoms. The highest BCUT2D eigenvalue weighted by molar-refractivity contribution is 9.10. The Kier molecular flexibility index (Phi) is 30.3. The Morgan fingerprint density at radius 2 is 0.833 bits per heavy atom. The Balaban J connectivity index is 0.000000568. The van der Waals surface area contributed by atoms with Gasteiger partial charge in [-0.1, -0.05) is 83.0 Å². The molecule has 1 aromatic carbocycles. The molecule has 8 aromatic heterocycles. The lowest BCUT2D eigenvalue weighted by Gasteiger charge is -2.40. The number of hydrogen-bond acceptors (Lipinski definition) is 24. The third-order valence-electron chi connectivity index (χ3n) is 19.8. The van der Waals surface area contributed by atoms with Gasteiger partial charge in [-0.2, -0.15) is 52.7 Å². The van der Waals surface area contributed by atoms with Crippen LogP contribution in [0.5, 0.6) is 0 Å². The van der Waals surface area contributed by atoms with Crippen molar-refractivity contribution in [1.29, 1.82) is 0 Å². The van der Waals surface area contributed by atoms with E-state index in [1.165, 1.54) is 85.5 Å². The number of alkyl halides is 12. The normalized spacial score (nSPS) is 17.9. The minimum absolute atomic E-state index is 0. The van der Waals surface area contributed by atoms with Gasteiger partial charge in [-0.15, -0.1) is 0 Å². The first kappa shape index (κ1) is 91.6. The van der Waals surface area contributed by atoms with Gasteiger partial charge in [0.15, 0.2) is 0 Å². The van der Waals surface area contributed by atoms with Crippen LogP contribution in [-0.4, -0.2) is 159 Å². The number of piperazine rings is 4. The van der Waals surface area contributed by atoms with E-state index in [4.69, 9.17) is 34.5 Å². The van der Waals surface area contributed by atoms with Crippen molar-refractivity contribution in [1.82, 2.24) is 61.1 Å². The van der Waals surface area contributed by atoms with Crippen molar-refractivity contribution in [2.24, 2.45) is 11.8 Å². The van der Waals surface area contributed by atoms with Gasteiger partial charge in [0.2, 0.25) is 23.1 Å². The van der Waals surface area contributed by atoms with Gasteiger partial charge in [-0.05, 0) is 144 Å². The summed E-state index contributed by atoms with van der Waals surface area (Å²) in [5, 5.41) is 13.8. The number of carbonyl (C=O) groups is 4. The predicted octanol–water partition coefficient (Wildman–Crippen LogP) is 16.4. The average Bonchev–Trinajstić information content (AvgIpc) is 0.797. The number of ketones is 4. The van der Waals surface area contributed by atoms with Crippen LogP contribution in [0, 0.1) is 11.8 Å². The first-order valence-corrected chi connectivity index (χ1v) is 39.6. The number of benzene rings is 1. The summed E-state index contributed by atoms with van der Waals surface area (Å²) in [6.45, 7) is 19.1. The maximum absolute atomic E-state index is 13.8. The van der Waals surface area contributed by atoms with Crippen LogP contribution in [0.15, 0.2) is 145 Å². The molecule has 4 saturated heterocycles. The van der Waals surface area contributed by atoms with Crippen molar-refractivity contribution in [3.05, 3.63) is 222 Å². The molecule has 4 aliphatic rings. The number of nitrogens with two attached hydrogens (primary N) is 4. The largest absolute Gasteiger partial charge is 0.418 e. The molecule has 120 heavy (non-hydrogen) atoms. The molecule has 0 bridgehead atoms. The van der Waals surface area contributed by atoms with Gasteiger partial charge in [0.25, 0.3) is 0 Å². The van der Waals surface area contributed by atoms with Crippen LogP contribution in [0.1, 0.15) is 177 Å². The highest BCUT2D eigenvalue weighted by atomic mass is 79.9. The fourth-order valence-corrected chi connectivity index (χ4v) is 14.8. The van der Waals surface area contributed by atoms with E-state index in [9.17, 15) is 71.9 Å². The lowest BCUT2D eigenvalue weighted by molar-refractivity contribution is -0.138. The lowest BCUT2D eigenvalue weighted by Crippen LogP contribution is -2.52. The van der Waals surface area contributed by atoms with E-state index in [2.05, 4.69) is 112 Å². The van der Waals surface area contributed by atoms with Crippen molar-refractivity contribution in [3.8, 4) is 0 Å². The second kappa shape index (κ2) is 39.6. The number of carbonyl (C=O) groups excluding carboxylic acids is 4. The zero-order chi connectivity index (χ0) is 87.3. The van der Waals surface area contributed by atoms with E-state index in [-0.39, 0.29) is 92.2 Å². The molecule has 13 rings (SSSR count). The Morgan fingerprint density at radius 3 is 1.23 bits per heavy atom. The van der Waals surface area contributed by atoms with Gasteiger partial charge >= 0.3 is 24.7 Å². The van der Waals surface area contributed by atoms with Gasteiger partial charge in [-0.25, -0.2) is 39.9 Å². The molecule has 12 heterocycles. The minimum Gasteiger partial charge on any atom is -0.383 e. The Bertz CT molecular complexity index is 4980. The van der Waals surface area contributed by atoms with Crippen molar-refractivity contribution < 1.29 is 83.3 Å². The zero-order valence-electron chi connectivity index (χ0n) is 66.0. The Morgan fingerprint density at radius 1 is 0.467 bits per heavy atom. The molecule has 9 aromatic rings. The highest BCUT2D eigenvalue weighted by Crippen LogP contribution is 2.40. The summed E-state index contributed by atoms with van der Waals surface area (Å²) in [5.74, 6) is -2.05. The number of aromatic nitrogens is 8. The van der Waals surface area contributed by atoms with Crippen molar-refractivity contribution in [2.45, 2.75) is 122 Å². The van der Waals surface area contributed by atoms with E-state index in [0.717, 1.165) is 55.5 Å². The summed E-state index contributed by atoms with van der Waals surface area (Å²) in [7, 11) is 0. The molecule has 12 N–H and O–H groups in total. The molecule has 24 nitrogen and oxygen atoms in total. The molecule has 0 unspecified atom stereocenters. The van der Waals surface area contributed by atoms with Gasteiger partial charge in [0.1, 0.15) is 69.3 Å². The van der Waals surface area contributed by atoms with Crippen LogP contribution in [0.4, 0.5) is 99.2 Å². The molecule has 0 saturated carbocycles. The number of halogens is 14. The van der Waals surface area contributed by atoms with Gasteiger partial charge in [0, 0.05) is 137 Å². The highest BCUT2D eigenvalue weighted by Gasteiger charge is 2.43. The molecular formula is C82H106BrClF12N20O4. The number of pyridine rings is 8. The number of nitrogens with zero attached hydrogens (tertiary/aromatic N) is 12. The van der Waals surface area contributed by atoms with Crippen LogP contribution < -0.4 is 63.8 Å². The second-order valence-corrected chi connectivity index (χ2v) is 31.2. The summed E-state index contributed by atoms with van der Waals surface area (Å²) in [6, 6.07) is 27.6. The van der Waals surface area contributed by atoms with Crippen LogP contribution in [0.25, 0.3) is 0 Å². The fourth-order valence-electron chi connectivity index (χ4n) is 14.3. The maximum atomic E-state index is 13.8. The summed E-state index contributed by atoms with van der Waals surface area (Å²) < 4.78 is 164. The van der Waals surface area contributed by atoms with E-state index in [1.54, 1.807) is 0 Å². The van der Waals surface area contributed by atoms with Crippen molar-refractivity contribution in [2.75, 3.05) is 115 Å². The monoisotopic (exact) mass is 1780 g/mol. The first-order valence-electron chi connectivity index (χ1n) is 38.4. The second-order valence-electron chi connectivity index (χ2n) is 29.9. The van der Waals surface area contributed by atoms with Crippen LogP contribution in [0.2, 0.25) is 5.02 Å². The summed E-state index contributed by atoms with van der Waals surface area (Å²) in [4.78, 5) is 91.2. The van der Waals surface area contributed by atoms with Crippen molar-refractivity contribution >= 4 is 97.2 Å². The molecule has 656 valence electrons. The minimum atomic E-state index is -4.75. The lowest BCUT2D eigenvalue weighted by atomic mass is 9.99. The van der Waals surface area contributed by atoms with E-state index in [0.29, 0.717) is 112 Å². The van der Waals surface area contributed by atoms with E-state index >= 15 is 0 Å². The quantitative estimate of drug-likeness (QED) is 0.0275. The SMILES string of the molecule is CC(C)C[C@H]1CN(c2ccc(C(F)(F)F)c(C(=O)c3cc(Br)cnc3N)n2)CCN1.CC(C)C[C@H]1CN(c2ccc(C(F)(F)F)c(C(=O)c3cc(Cl)cnc3N)n2)CCN1.CCC[C@H]1CN(c2ccc(C(F)(F)F)c(C(=O)c3cccnc3N)n2)C[C@@H](c2ccccc2)N1.C[C@H]1CN(c2ccc(C(F)(F)F)c(C(=O)c3cccnc3N)n2)CCN1.[HH].[HH].[HH].[HH].[HH].[HH].[HH].[HH]. The maximum Gasteiger partial charge on any atom is 0.418 e. The van der Waals surface area contributed by atoms with Crippen LogP contribution in [-0.2, 0) is 24.7 Å². The number of rotatable bonds is 19. The molecular weight excluding hydrogens is 1670 g/mol. The van der Waals surface area contributed by atoms with E-state index < -0.39 is 92.9 Å². The zero-order valence-corrected chi connectivity index (χ0v) is 68.4. The van der Waals surface area contributed by atoms with E-state index in [1.807, 2.05) is 56.9 Å². The smallest absolute Gasteiger partial charge is 0.383 e. The van der Waals surface area contributed by atoms with Crippen LogP contribution in [0.3, 0.4) is 0 Å². The molecule has 5 atom stereocenters. The topological polar surface area (TPSA) is 337 Å². The Hall–Kier alpha value is -10.7. The molecule has 0 amide bonds. The van der Waals surface area contributed by atoms with Gasteiger partial charge in [-0.3, -0.25) is 19.2 Å². The third-order valence-corrected chi connectivity index (χ3v) is 20.5. The van der Waals surface area contributed by atoms with Crippen molar-refractivity contribution in [3.63, 3.8) is 0 Å². The Labute approximate surface area is 709 Å². The number of nitrogens with one attached hydrogen (secondary N) is 4. The molecule has 0 radical (unpaired) electrons. The van der Waals surface area contributed by atoms with Crippen LogP contribution >= 0.6 is 27.5 Å². The van der Waals surface area contributed by atoms with Gasteiger partial charge < -0.3 is 63.8 Å². The molecule has 0 aliphatic carbocycles. The molecule has 38 heteroatoms. The summed E-state index contributed by atoms with van der Waals surface area (Å²) in [6.07, 6.45) is -9.88. The number of nitrogen functional groups attached to an aromatic ring is 4. The number of anilines is 8. The molecule has 4 fully saturated rings. The number of hydrogen-bond donors (Lipinski definition) is 8. The summed E-state index contributed by atoms with van der Waals surface area (Å²) in [5.41, 5.74) is 16.3. The summed E-state index contributed by atoms with van der Waals surface area (Å²) >= 11 is 9.03. The standard InChI is InChI=1S/C25H26F3N5O.C20H23BrF3N5O.C20H23ClF3N5O.C17H18F3N5O.8H2/c1-2-7-17-14-33(15-20(31-17)16-8-4-3-5-9-16)21-12-11-19(25(26,27)28)22(32-21)23(34)18-10-6-13-30-24(18)29;2*1-11(2)7-13-10-29(6-5-26-13)16-4-3-15(20(22,23)24)17(28-16)18(30)14-8-12(21)9-27-19(14)25;1-10-9-25(8-7-22-10)13-5-4-12(17(18,19)20)14(24-13)15(26)11-3-2-6-23-16(11)21;;;;;;;;/h3-6,8-13,17,20,31H,2,7,14-15H2,1H3,(H2,29,30);2*3-4,8-9,11,13,26H,5-7,10H2,1-2H3,(H2,25,27);2-6,10,22H,7-9H2,1H3,(H2,21,23);8*1H/t17-,20-;2*13-;10-;;;;;;;;/m0000......../s1. The average molecular weight is 1780 g/mol. The third kappa shape index (κ3) is 23.7. The predicted molar refractivity (Wildman–Crippen MR) is 455 cm³/mol. The first-order chi connectivity index (χ1) is 56.7. The van der Waals surface area contributed by atoms with Gasteiger partial charge in [0.05, 0.1) is 55.6 Å². The fraction of sp³-hybridized carbons (Fsp3) is 0.390.